The molecule has 0 aliphatic carbocycles. The Hall–Kier alpha value is -2.89. The first-order valence-corrected chi connectivity index (χ1v) is 7.88. The molecule has 0 unspecified atom stereocenters. The van der Waals surface area contributed by atoms with Crippen LogP contribution in [0.2, 0.25) is 0 Å². The Labute approximate surface area is 145 Å². The molecular weight excluding hydrogens is 325 g/mol. The summed E-state index contributed by atoms with van der Waals surface area (Å²) in [6, 6.07) is 12.6. The zero-order valence-electron chi connectivity index (χ0n) is 13.9. The minimum atomic E-state index is -1.09. The summed E-state index contributed by atoms with van der Waals surface area (Å²) in [7, 11) is 1.38. The van der Waals surface area contributed by atoms with Gasteiger partial charge in [0.05, 0.1) is 7.11 Å². The molecule has 1 amide bonds. The molecule has 0 spiro atoms. The minimum absolute atomic E-state index is 0.0737. The van der Waals surface area contributed by atoms with Crippen molar-refractivity contribution < 1.29 is 23.8 Å². The van der Waals surface area contributed by atoms with Gasteiger partial charge >= 0.3 is 5.97 Å². The van der Waals surface area contributed by atoms with Crippen LogP contribution in [0, 0.1) is 5.82 Å². The van der Waals surface area contributed by atoms with Gasteiger partial charge in [-0.05, 0) is 29.7 Å². The number of carbonyl (C=O) groups excluding carboxylic acids is 1. The van der Waals surface area contributed by atoms with E-state index in [1.165, 1.54) is 19.2 Å². The molecular formula is C19H20FNO4. The zero-order valence-corrected chi connectivity index (χ0v) is 13.9. The van der Waals surface area contributed by atoms with E-state index >= 15 is 0 Å². The number of methoxy groups -OCH3 is 1. The van der Waals surface area contributed by atoms with Crippen molar-refractivity contribution in [3.05, 3.63) is 65.5 Å². The number of rotatable bonds is 8. The average Bonchev–Trinajstić information content (AvgIpc) is 2.60. The normalized spacial score (nSPS) is 11.6. The highest BCUT2D eigenvalue weighted by molar-refractivity contribution is 5.83. The number of ether oxygens (including phenoxy) is 1. The Morgan fingerprint density at radius 1 is 1.16 bits per heavy atom. The third-order valence-electron chi connectivity index (χ3n) is 3.77. The summed E-state index contributed by atoms with van der Waals surface area (Å²) in [5.74, 6) is -1.83. The van der Waals surface area contributed by atoms with Crippen molar-refractivity contribution in [2.75, 3.05) is 7.11 Å². The smallest absolute Gasteiger partial charge is 0.326 e. The first-order valence-electron chi connectivity index (χ1n) is 7.88. The number of aryl methyl sites for hydroxylation is 1. The molecule has 2 rings (SSSR count). The van der Waals surface area contributed by atoms with E-state index in [1.807, 2.05) is 30.3 Å². The molecule has 2 aromatic carbocycles. The van der Waals surface area contributed by atoms with Crippen molar-refractivity contribution in [2.45, 2.75) is 25.3 Å². The number of benzene rings is 2. The SMILES string of the molecule is COc1ccc(CCC(=O)N[C@@H](Cc2ccccc2)C(=O)O)cc1F. The quantitative estimate of drug-likeness (QED) is 0.771. The number of hydrogen-bond donors (Lipinski definition) is 2. The van der Waals surface area contributed by atoms with Crippen LogP contribution in [0.1, 0.15) is 17.5 Å². The van der Waals surface area contributed by atoms with Crippen molar-refractivity contribution in [1.29, 1.82) is 0 Å². The highest BCUT2D eigenvalue weighted by Gasteiger charge is 2.20. The van der Waals surface area contributed by atoms with Gasteiger partial charge in [0.1, 0.15) is 6.04 Å². The van der Waals surface area contributed by atoms with Gasteiger partial charge in [0, 0.05) is 12.8 Å². The summed E-state index contributed by atoms with van der Waals surface area (Å²) in [4.78, 5) is 23.4. The molecule has 0 saturated carbocycles. The van der Waals surface area contributed by atoms with Crippen LogP contribution in [0.4, 0.5) is 4.39 Å². The van der Waals surface area contributed by atoms with Gasteiger partial charge in [0.2, 0.25) is 5.91 Å². The fourth-order valence-corrected chi connectivity index (χ4v) is 2.44. The summed E-state index contributed by atoms with van der Waals surface area (Å²) < 4.78 is 18.5. The minimum Gasteiger partial charge on any atom is -0.494 e. The van der Waals surface area contributed by atoms with Crippen LogP contribution in [-0.2, 0) is 22.4 Å². The fourth-order valence-electron chi connectivity index (χ4n) is 2.44. The second-order valence-electron chi connectivity index (χ2n) is 5.62. The molecule has 0 saturated heterocycles. The van der Waals surface area contributed by atoms with Gasteiger partial charge in [-0.15, -0.1) is 0 Å². The first-order chi connectivity index (χ1) is 12.0. The predicted octanol–water partition coefficient (Wildman–Crippen LogP) is 2.58. The topological polar surface area (TPSA) is 75.6 Å². The van der Waals surface area contributed by atoms with Crippen molar-refractivity contribution in [2.24, 2.45) is 0 Å². The maximum absolute atomic E-state index is 13.6. The van der Waals surface area contributed by atoms with E-state index in [0.717, 1.165) is 5.56 Å². The summed E-state index contributed by atoms with van der Waals surface area (Å²) in [6.07, 6.45) is 0.591. The lowest BCUT2D eigenvalue weighted by Gasteiger charge is -2.14. The van der Waals surface area contributed by atoms with Crippen LogP contribution >= 0.6 is 0 Å². The number of aliphatic carboxylic acids is 1. The van der Waals surface area contributed by atoms with Crippen LogP contribution in [0.5, 0.6) is 5.75 Å². The highest BCUT2D eigenvalue weighted by atomic mass is 19.1. The third kappa shape index (κ3) is 5.60. The number of carboxylic acids is 1. The van der Waals surface area contributed by atoms with E-state index in [4.69, 9.17) is 4.74 Å². The molecule has 2 N–H and O–H groups in total. The van der Waals surface area contributed by atoms with Gasteiger partial charge in [-0.3, -0.25) is 4.79 Å². The van der Waals surface area contributed by atoms with Crippen molar-refractivity contribution in [1.82, 2.24) is 5.32 Å². The largest absolute Gasteiger partial charge is 0.494 e. The maximum atomic E-state index is 13.6. The molecule has 0 fully saturated rings. The van der Waals surface area contributed by atoms with Crippen molar-refractivity contribution >= 4 is 11.9 Å². The number of hydrogen-bond acceptors (Lipinski definition) is 3. The van der Waals surface area contributed by atoms with Crippen molar-refractivity contribution in [3.63, 3.8) is 0 Å². The average molecular weight is 345 g/mol. The number of nitrogens with one attached hydrogen (secondary N) is 1. The van der Waals surface area contributed by atoms with E-state index in [2.05, 4.69) is 5.32 Å². The number of halogens is 1. The molecule has 5 nitrogen and oxygen atoms in total. The maximum Gasteiger partial charge on any atom is 0.326 e. The molecule has 1 atom stereocenters. The first kappa shape index (κ1) is 18.4. The second kappa shape index (κ2) is 8.82. The van der Waals surface area contributed by atoms with Crippen LogP contribution < -0.4 is 10.1 Å². The van der Waals surface area contributed by atoms with Crippen molar-refractivity contribution in [3.8, 4) is 5.75 Å². The zero-order chi connectivity index (χ0) is 18.2. The van der Waals surface area contributed by atoms with Gasteiger partial charge in [0.25, 0.3) is 0 Å². The number of carboxylic acid groups (broad SMARTS) is 1. The summed E-state index contributed by atoms with van der Waals surface area (Å²) >= 11 is 0. The molecule has 132 valence electrons. The van der Waals surface area contributed by atoms with Gasteiger partial charge < -0.3 is 15.2 Å². The molecule has 25 heavy (non-hydrogen) atoms. The van der Waals surface area contributed by atoms with Gasteiger partial charge in [-0.2, -0.15) is 0 Å². The fraction of sp³-hybridized carbons (Fsp3) is 0.263. The standard InChI is InChI=1S/C19H20FNO4/c1-25-17-9-7-14(11-15(17)20)8-10-18(22)21-16(19(23)24)12-13-5-3-2-4-6-13/h2-7,9,11,16H,8,10,12H2,1H3,(H,21,22)(H,23,24)/t16-/m0/s1. The Bertz CT molecular complexity index is 733. The number of amides is 1. The molecule has 0 aromatic heterocycles. The Morgan fingerprint density at radius 2 is 1.88 bits per heavy atom. The van der Waals surface area contributed by atoms with E-state index in [-0.39, 0.29) is 24.5 Å². The lowest BCUT2D eigenvalue weighted by molar-refractivity contribution is -0.141. The molecule has 2 aromatic rings. The summed E-state index contributed by atoms with van der Waals surface area (Å²) in [5.41, 5.74) is 1.47. The summed E-state index contributed by atoms with van der Waals surface area (Å²) in [6.45, 7) is 0. The molecule has 6 heteroatoms. The summed E-state index contributed by atoms with van der Waals surface area (Å²) in [5, 5.41) is 11.8. The Morgan fingerprint density at radius 3 is 2.48 bits per heavy atom. The second-order valence-corrected chi connectivity index (χ2v) is 5.62. The molecule has 0 heterocycles. The predicted molar refractivity (Wildman–Crippen MR) is 91.0 cm³/mol. The van der Waals surface area contributed by atoms with Crippen LogP contribution in [0.25, 0.3) is 0 Å². The molecule has 0 bridgehead atoms. The van der Waals surface area contributed by atoms with E-state index < -0.39 is 17.8 Å². The Balaban J connectivity index is 1.90. The van der Waals surface area contributed by atoms with E-state index in [0.29, 0.717) is 12.0 Å². The van der Waals surface area contributed by atoms with E-state index in [1.54, 1.807) is 6.07 Å². The monoisotopic (exact) mass is 345 g/mol. The lowest BCUT2D eigenvalue weighted by atomic mass is 10.1. The van der Waals surface area contributed by atoms with Gasteiger partial charge in [0.15, 0.2) is 11.6 Å². The lowest BCUT2D eigenvalue weighted by Crippen LogP contribution is -2.42. The third-order valence-corrected chi connectivity index (χ3v) is 3.77. The van der Waals surface area contributed by atoms with Crippen LogP contribution in [-0.4, -0.2) is 30.1 Å². The number of carbonyl (C=O) groups is 2. The molecule has 0 radical (unpaired) electrons. The highest BCUT2D eigenvalue weighted by Crippen LogP contribution is 2.18. The van der Waals surface area contributed by atoms with Crippen LogP contribution in [0.3, 0.4) is 0 Å². The van der Waals surface area contributed by atoms with Gasteiger partial charge in [-0.25, -0.2) is 9.18 Å². The molecule has 0 aliphatic heterocycles. The Kier molecular flexibility index (Phi) is 6.51. The van der Waals surface area contributed by atoms with Crippen LogP contribution in [0.15, 0.2) is 48.5 Å². The molecule has 0 aliphatic rings. The van der Waals surface area contributed by atoms with Gasteiger partial charge in [-0.1, -0.05) is 36.4 Å². The van der Waals surface area contributed by atoms with E-state index in [9.17, 15) is 19.1 Å².